The Morgan fingerprint density at radius 1 is 0.914 bits per heavy atom. The third-order valence-corrected chi connectivity index (χ3v) is 7.29. The summed E-state index contributed by atoms with van der Waals surface area (Å²) in [6, 6.07) is 18.7. The van der Waals surface area contributed by atoms with Crippen molar-refractivity contribution in [2.75, 3.05) is 77.1 Å². The van der Waals surface area contributed by atoms with Gasteiger partial charge < -0.3 is 24.4 Å². The Bertz CT molecular complexity index is 943. The lowest BCUT2D eigenvalue weighted by Gasteiger charge is -2.39. The minimum atomic E-state index is -0.327. The van der Waals surface area contributed by atoms with Gasteiger partial charge in [-0.1, -0.05) is 30.3 Å². The largest absolute Gasteiger partial charge is 0.484 e. The van der Waals surface area contributed by atoms with E-state index < -0.39 is 0 Å². The van der Waals surface area contributed by atoms with Gasteiger partial charge in [-0.05, 0) is 29.8 Å². The van der Waals surface area contributed by atoms with Crippen LogP contribution >= 0.6 is 0 Å². The van der Waals surface area contributed by atoms with Gasteiger partial charge >= 0.3 is 0 Å². The Balaban J connectivity index is 1.07. The van der Waals surface area contributed by atoms with Crippen LogP contribution in [-0.4, -0.2) is 110 Å². The highest BCUT2D eigenvalue weighted by atomic mass is 16.5. The van der Waals surface area contributed by atoms with E-state index in [9.17, 15) is 9.90 Å². The third-order valence-electron chi connectivity index (χ3n) is 7.29. The first-order valence-corrected chi connectivity index (χ1v) is 12.7. The molecule has 2 atom stereocenters. The predicted molar refractivity (Wildman–Crippen MR) is 135 cm³/mol. The predicted octanol–water partition coefficient (Wildman–Crippen LogP) is 1.29. The van der Waals surface area contributed by atoms with Gasteiger partial charge in [0.1, 0.15) is 5.75 Å². The van der Waals surface area contributed by atoms with Gasteiger partial charge in [0, 0.05) is 70.6 Å². The van der Waals surface area contributed by atoms with Crippen LogP contribution in [0.5, 0.6) is 5.75 Å². The number of β-amino-alcohol motifs (C(OH)–C–C–N with tert-alkyl or cyclic N) is 1. The van der Waals surface area contributed by atoms with Crippen LogP contribution in [0.1, 0.15) is 5.56 Å². The highest BCUT2D eigenvalue weighted by Crippen LogP contribution is 2.23. The van der Waals surface area contributed by atoms with Crippen molar-refractivity contribution in [2.24, 2.45) is 0 Å². The molecule has 0 unspecified atom stereocenters. The van der Waals surface area contributed by atoms with Gasteiger partial charge in [-0.2, -0.15) is 0 Å². The molecule has 2 aromatic carbocycles. The number of carbonyl (C=O) groups is 1. The van der Waals surface area contributed by atoms with Crippen LogP contribution in [0.25, 0.3) is 0 Å². The molecule has 0 aromatic heterocycles. The van der Waals surface area contributed by atoms with E-state index in [1.54, 1.807) is 4.90 Å². The topological polar surface area (TPSA) is 68.7 Å². The third kappa shape index (κ3) is 6.13. The number of hydrogen-bond donors (Lipinski definition) is 1. The number of rotatable bonds is 7. The summed E-state index contributed by atoms with van der Waals surface area (Å²) in [5, 5.41) is 10.8. The highest BCUT2D eigenvalue weighted by molar-refractivity contribution is 5.77. The summed E-state index contributed by atoms with van der Waals surface area (Å²) >= 11 is 0. The number of hydrogen-bond acceptors (Lipinski definition) is 7. The molecule has 0 saturated carbocycles. The number of morpholine rings is 1. The molecule has 0 bridgehead atoms. The van der Waals surface area contributed by atoms with Crippen molar-refractivity contribution in [3.05, 3.63) is 60.2 Å². The molecule has 1 amide bonds. The van der Waals surface area contributed by atoms with Gasteiger partial charge in [0.05, 0.1) is 19.3 Å². The number of amides is 1. The molecule has 0 aliphatic carbocycles. The maximum Gasteiger partial charge on any atom is 0.260 e. The van der Waals surface area contributed by atoms with Crippen molar-refractivity contribution < 1.29 is 19.4 Å². The van der Waals surface area contributed by atoms with Crippen LogP contribution in [0.15, 0.2) is 54.6 Å². The molecular weight excluding hydrogens is 444 g/mol. The first-order valence-electron chi connectivity index (χ1n) is 12.7. The van der Waals surface area contributed by atoms with Gasteiger partial charge in [-0.25, -0.2) is 0 Å². The summed E-state index contributed by atoms with van der Waals surface area (Å²) < 4.78 is 11.0. The van der Waals surface area contributed by atoms with E-state index in [4.69, 9.17) is 9.47 Å². The molecule has 188 valence electrons. The number of piperazine rings is 1. The number of para-hydroxylation sites is 1. The summed E-state index contributed by atoms with van der Waals surface area (Å²) in [5.74, 6) is 0.699. The van der Waals surface area contributed by atoms with Crippen molar-refractivity contribution in [3.63, 3.8) is 0 Å². The zero-order valence-electron chi connectivity index (χ0n) is 20.3. The van der Waals surface area contributed by atoms with Crippen LogP contribution in [0.4, 0.5) is 5.69 Å². The normalized spacial score (nSPS) is 24.0. The van der Waals surface area contributed by atoms with E-state index in [1.165, 1.54) is 11.3 Å². The number of carbonyl (C=O) groups excluding carboxylic acids is 1. The Hall–Kier alpha value is -2.65. The molecule has 3 saturated heterocycles. The van der Waals surface area contributed by atoms with Gasteiger partial charge in [0.15, 0.2) is 6.61 Å². The van der Waals surface area contributed by atoms with E-state index in [0.717, 1.165) is 39.3 Å². The van der Waals surface area contributed by atoms with E-state index in [-0.39, 0.29) is 24.7 Å². The Labute approximate surface area is 207 Å². The number of nitrogens with zero attached hydrogens (tertiary/aromatic N) is 4. The number of likely N-dealkylation sites (tertiary alicyclic amines) is 1. The number of anilines is 1. The summed E-state index contributed by atoms with van der Waals surface area (Å²) in [6.07, 6.45) is -0.327. The molecule has 8 heteroatoms. The molecule has 3 heterocycles. The van der Waals surface area contributed by atoms with E-state index in [1.807, 2.05) is 24.3 Å². The summed E-state index contributed by atoms with van der Waals surface area (Å²) in [4.78, 5) is 21.3. The van der Waals surface area contributed by atoms with Gasteiger partial charge in [0.2, 0.25) is 0 Å². The maximum atomic E-state index is 12.3. The highest BCUT2D eigenvalue weighted by Gasteiger charge is 2.36. The summed E-state index contributed by atoms with van der Waals surface area (Å²) in [5.41, 5.74) is 2.46. The van der Waals surface area contributed by atoms with Gasteiger partial charge in [-0.15, -0.1) is 0 Å². The average Bonchev–Trinajstić information content (AvgIpc) is 3.29. The molecule has 0 spiro atoms. The molecule has 0 radical (unpaired) electrons. The Kier molecular flexibility index (Phi) is 7.83. The number of aliphatic hydroxyl groups is 1. The molecule has 2 aromatic rings. The lowest BCUT2D eigenvalue weighted by Crippen LogP contribution is -2.53. The molecule has 1 N–H and O–H groups in total. The second-order valence-corrected chi connectivity index (χ2v) is 9.61. The Morgan fingerprint density at radius 3 is 2.34 bits per heavy atom. The molecule has 3 aliphatic rings. The minimum absolute atomic E-state index is 0.000857. The van der Waals surface area contributed by atoms with Crippen molar-refractivity contribution in [1.82, 2.24) is 14.7 Å². The number of ether oxygens (including phenoxy) is 2. The molecule has 5 rings (SSSR count). The molecule has 35 heavy (non-hydrogen) atoms. The van der Waals surface area contributed by atoms with Crippen LogP contribution in [0.3, 0.4) is 0 Å². The van der Waals surface area contributed by atoms with Crippen molar-refractivity contribution in [3.8, 4) is 5.75 Å². The smallest absolute Gasteiger partial charge is 0.260 e. The van der Waals surface area contributed by atoms with E-state index in [0.29, 0.717) is 38.6 Å². The van der Waals surface area contributed by atoms with Crippen LogP contribution in [0.2, 0.25) is 0 Å². The molecule has 3 aliphatic heterocycles. The molecule has 3 fully saturated rings. The van der Waals surface area contributed by atoms with Crippen LogP contribution in [0, 0.1) is 0 Å². The first kappa shape index (κ1) is 24.1. The van der Waals surface area contributed by atoms with E-state index >= 15 is 0 Å². The van der Waals surface area contributed by atoms with Crippen molar-refractivity contribution >= 4 is 11.6 Å². The zero-order valence-corrected chi connectivity index (χ0v) is 20.3. The van der Waals surface area contributed by atoms with Gasteiger partial charge in [0.25, 0.3) is 5.91 Å². The fraction of sp³-hybridized carbons (Fsp3) is 0.519. The maximum absolute atomic E-state index is 12.3. The summed E-state index contributed by atoms with van der Waals surface area (Å²) in [6.45, 7) is 8.78. The first-order chi connectivity index (χ1) is 17.2. The quantitative estimate of drug-likeness (QED) is 0.641. The fourth-order valence-electron chi connectivity index (χ4n) is 5.28. The SMILES string of the molecule is O=C(COc1ccc(CN2C[C@H](O)[C@@H](N3CCN(c4ccccc4)CC3)C2)cc1)N1CCOCC1. The lowest BCUT2D eigenvalue weighted by molar-refractivity contribution is -0.137. The van der Waals surface area contributed by atoms with Crippen LogP contribution < -0.4 is 9.64 Å². The second-order valence-electron chi connectivity index (χ2n) is 9.61. The summed E-state index contributed by atoms with van der Waals surface area (Å²) in [7, 11) is 0. The van der Waals surface area contributed by atoms with E-state index in [2.05, 4.69) is 45.0 Å². The number of benzene rings is 2. The zero-order chi connectivity index (χ0) is 24.0. The molecule has 8 nitrogen and oxygen atoms in total. The second kappa shape index (κ2) is 11.4. The fourth-order valence-corrected chi connectivity index (χ4v) is 5.28. The lowest BCUT2D eigenvalue weighted by atomic mass is 10.1. The monoisotopic (exact) mass is 480 g/mol. The Morgan fingerprint density at radius 2 is 1.63 bits per heavy atom. The van der Waals surface area contributed by atoms with Crippen molar-refractivity contribution in [2.45, 2.75) is 18.7 Å². The molecular formula is C27H36N4O4. The van der Waals surface area contributed by atoms with Gasteiger partial charge in [-0.3, -0.25) is 14.6 Å². The van der Waals surface area contributed by atoms with Crippen LogP contribution in [-0.2, 0) is 16.1 Å². The standard InChI is InChI=1S/C27H36N4O4/c32-26-20-28(19-25(26)30-12-10-29(11-13-30)23-4-2-1-3-5-23)18-22-6-8-24(9-7-22)35-21-27(33)31-14-16-34-17-15-31/h1-9,25-26,32H,10-21H2/t25-,26-/m0/s1. The minimum Gasteiger partial charge on any atom is -0.484 e. The average molecular weight is 481 g/mol. The van der Waals surface area contributed by atoms with Crippen molar-refractivity contribution in [1.29, 1.82) is 0 Å². The number of aliphatic hydroxyl groups excluding tert-OH is 1.